The van der Waals surface area contributed by atoms with E-state index < -0.39 is 0 Å². The minimum absolute atomic E-state index is 0.316. The Morgan fingerprint density at radius 1 is 1.47 bits per heavy atom. The first-order valence-electron chi connectivity index (χ1n) is 5.97. The second-order valence-corrected chi connectivity index (χ2v) is 4.40. The highest BCUT2D eigenvalue weighted by Gasteiger charge is 2.22. The van der Waals surface area contributed by atoms with Crippen LogP contribution in [0.3, 0.4) is 0 Å². The standard InChI is InChI=1S/C11H20N4/c1-2-8(7-12)10-13-11(15-14-10)9-5-3-4-6-9/h8-9H,2-7,12H2,1H3,(H,13,14,15). The normalized spacial score (nSPS) is 19.6. The Labute approximate surface area is 90.7 Å². The summed E-state index contributed by atoms with van der Waals surface area (Å²) in [7, 11) is 0. The van der Waals surface area contributed by atoms with Crippen molar-refractivity contribution in [1.29, 1.82) is 0 Å². The number of aromatic amines is 1. The Hall–Kier alpha value is -0.900. The van der Waals surface area contributed by atoms with Gasteiger partial charge >= 0.3 is 0 Å². The van der Waals surface area contributed by atoms with Crippen molar-refractivity contribution >= 4 is 0 Å². The molecule has 0 aromatic carbocycles. The highest BCUT2D eigenvalue weighted by molar-refractivity contribution is 5.03. The molecule has 2 rings (SSSR count). The second kappa shape index (κ2) is 4.75. The summed E-state index contributed by atoms with van der Waals surface area (Å²) in [6.45, 7) is 2.77. The van der Waals surface area contributed by atoms with E-state index in [-0.39, 0.29) is 0 Å². The molecule has 1 unspecified atom stereocenters. The van der Waals surface area contributed by atoms with E-state index >= 15 is 0 Å². The van der Waals surface area contributed by atoms with Gasteiger partial charge in [0.2, 0.25) is 0 Å². The van der Waals surface area contributed by atoms with Crippen LogP contribution >= 0.6 is 0 Å². The highest BCUT2D eigenvalue weighted by Crippen LogP contribution is 2.32. The average Bonchev–Trinajstić information content (AvgIpc) is 2.89. The number of nitrogens with two attached hydrogens (primary N) is 1. The van der Waals surface area contributed by atoms with Crippen LogP contribution < -0.4 is 5.73 Å². The zero-order valence-electron chi connectivity index (χ0n) is 9.37. The third kappa shape index (κ3) is 2.20. The first-order valence-corrected chi connectivity index (χ1v) is 5.97. The molecule has 3 N–H and O–H groups in total. The van der Waals surface area contributed by atoms with Crippen LogP contribution in [0.5, 0.6) is 0 Å². The summed E-state index contributed by atoms with van der Waals surface area (Å²) in [4.78, 5) is 4.59. The molecule has 4 heteroatoms. The lowest BCUT2D eigenvalue weighted by Crippen LogP contribution is -2.13. The van der Waals surface area contributed by atoms with Crippen LogP contribution in [-0.4, -0.2) is 21.7 Å². The van der Waals surface area contributed by atoms with Gasteiger partial charge in [-0.1, -0.05) is 19.8 Å². The molecule has 1 aliphatic carbocycles. The molecule has 1 aromatic rings. The van der Waals surface area contributed by atoms with Gasteiger partial charge in [-0.15, -0.1) is 0 Å². The van der Waals surface area contributed by atoms with E-state index in [0.29, 0.717) is 18.4 Å². The van der Waals surface area contributed by atoms with Gasteiger partial charge in [0.15, 0.2) is 5.82 Å². The lowest BCUT2D eigenvalue weighted by molar-refractivity contribution is 0.630. The maximum absolute atomic E-state index is 5.68. The first-order chi connectivity index (χ1) is 7.35. The van der Waals surface area contributed by atoms with Crippen LogP contribution in [0.25, 0.3) is 0 Å². The second-order valence-electron chi connectivity index (χ2n) is 4.40. The van der Waals surface area contributed by atoms with Crippen molar-refractivity contribution in [3.8, 4) is 0 Å². The van der Waals surface area contributed by atoms with E-state index in [2.05, 4.69) is 22.1 Å². The molecule has 1 aromatic heterocycles. The smallest absolute Gasteiger partial charge is 0.155 e. The largest absolute Gasteiger partial charge is 0.330 e. The fourth-order valence-electron chi connectivity index (χ4n) is 2.31. The van der Waals surface area contributed by atoms with Crippen molar-refractivity contribution < 1.29 is 0 Å². The SMILES string of the molecule is CCC(CN)c1n[nH]c(C2CCCC2)n1. The summed E-state index contributed by atoms with van der Waals surface area (Å²) in [5.74, 6) is 2.91. The van der Waals surface area contributed by atoms with Crippen molar-refractivity contribution in [1.82, 2.24) is 15.2 Å². The fourth-order valence-corrected chi connectivity index (χ4v) is 2.31. The number of nitrogens with one attached hydrogen (secondary N) is 1. The van der Waals surface area contributed by atoms with Gasteiger partial charge in [0.1, 0.15) is 5.82 Å². The molecule has 0 amide bonds. The maximum Gasteiger partial charge on any atom is 0.155 e. The Morgan fingerprint density at radius 2 is 2.20 bits per heavy atom. The van der Waals surface area contributed by atoms with E-state index in [4.69, 9.17) is 5.73 Å². The topological polar surface area (TPSA) is 67.6 Å². The van der Waals surface area contributed by atoms with E-state index in [1.54, 1.807) is 0 Å². The van der Waals surface area contributed by atoms with Crippen molar-refractivity contribution in [3.05, 3.63) is 11.6 Å². The number of aromatic nitrogens is 3. The van der Waals surface area contributed by atoms with E-state index in [1.165, 1.54) is 25.7 Å². The van der Waals surface area contributed by atoms with Crippen LogP contribution in [0.15, 0.2) is 0 Å². The number of H-pyrrole nitrogens is 1. The average molecular weight is 208 g/mol. The number of nitrogens with zero attached hydrogens (tertiary/aromatic N) is 2. The molecule has 4 nitrogen and oxygen atoms in total. The molecule has 0 spiro atoms. The highest BCUT2D eigenvalue weighted by atomic mass is 15.2. The van der Waals surface area contributed by atoms with Crippen molar-refractivity contribution in [2.24, 2.45) is 5.73 Å². The van der Waals surface area contributed by atoms with Crippen molar-refractivity contribution in [2.45, 2.75) is 50.9 Å². The number of hydrogen-bond donors (Lipinski definition) is 2. The third-order valence-electron chi connectivity index (χ3n) is 3.40. The molecule has 0 saturated heterocycles. The van der Waals surface area contributed by atoms with Crippen LogP contribution in [0.1, 0.15) is 62.5 Å². The Bertz CT molecular complexity index is 281. The number of hydrogen-bond acceptors (Lipinski definition) is 3. The molecule has 0 bridgehead atoms. The predicted octanol–water partition coefficient (Wildman–Crippen LogP) is 1.91. The lowest BCUT2D eigenvalue weighted by Gasteiger charge is -2.06. The molecule has 84 valence electrons. The Kier molecular flexibility index (Phi) is 3.36. The van der Waals surface area contributed by atoms with Crippen LogP contribution in [0.2, 0.25) is 0 Å². The molecular weight excluding hydrogens is 188 g/mol. The minimum Gasteiger partial charge on any atom is -0.330 e. The zero-order chi connectivity index (χ0) is 10.7. The van der Waals surface area contributed by atoms with Crippen LogP contribution in [0.4, 0.5) is 0 Å². The van der Waals surface area contributed by atoms with Gasteiger partial charge in [0.05, 0.1) is 0 Å². The Morgan fingerprint density at radius 3 is 2.80 bits per heavy atom. The zero-order valence-corrected chi connectivity index (χ0v) is 9.37. The van der Waals surface area contributed by atoms with E-state index in [1.807, 2.05) is 0 Å². The van der Waals surface area contributed by atoms with Gasteiger partial charge in [-0.25, -0.2) is 4.98 Å². The molecule has 1 atom stereocenters. The monoisotopic (exact) mass is 208 g/mol. The molecule has 1 aliphatic rings. The van der Waals surface area contributed by atoms with E-state index in [9.17, 15) is 0 Å². The summed E-state index contributed by atoms with van der Waals surface area (Å²) < 4.78 is 0. The van der Waals surface area contributed by atoms with Gasteiger partial charge in [-0.05, 0) is 19.3 Å². The third-order valence-corrected chi connectivity index (χ3v) is 3.40. The molecular formula is C11H20N4. The van der Waals surface area contributed by atoms with E-state index in [0.717, 1.165) is 18.1 Å². The van der Waals surface area contributed by atoms with Gasteiger partial charge in [-0.2, -0.15) is 5.10 Å². The lowest BCUT2D eigenvalue weighted by atomic mass is 10.1. The molecule has 1 heterocycles. The van der Waals surface area contributed by atoms with Crippen molar-refractivity contribution in [3.63, 3.8) is 0 Å². The van der Waals surface area contributed by atoms with Crippen molar-refractivity contribution in [2.75, 3.05) is 6.54 Å². The summed E-state index contributed by atoms with van der Waals surface area (Å²) in [5.41, 5.74) is 5.68. The molecule has 0 aliphatic heterocycles. The van der Waals surface area contributed by atoms with Gasteiger partial charge in [0, 0.05) is 18.4 Å². The summed E-state index contributed by atoms with van der Waals surface area (Å²) in [5, 5.41) is 7.37. The van der Waals surface area contributed by atoms with Crippen LogP contribution in [0, 0.1) is 0 Å². The maximum atomic E-state index is 5.68. The van der Waals surface area contributed by atoms with Gasteiger partial charge < -0.3 is 5.73 Å². The minimum atomic E-state index is 0.316. The van der Waals surface area contributed by atoms with Crippen LogP contribution in [-0.2, 0) is 0 Å². The molecule has 1 fully saturated rings. The molecule has 0 radical (unpaired) electrons. The molecule has 1 saturated carbocycles. The summed E-state index contributed by atoms with van der Waals surface area (Å²) in [6, 6.07) is 0. The predicted molar refractivity (Wildman–Crippen MR) is 59.7 cm³/mol. The fraction of sp³-hybridized carbons (Fsp3) is 0.818. The summed E-state index contributed by atoms with van der Waals surface area (Å²) in [6.07, 6.45) is 6.18. The Balaban J connectivity index is 2.08. The molecule has 15 heavy (non-hydrogen) atoms. The van der Waals surface area contributed by atoms with Gasteiger partial charge in [0.25, 0.3) is 0 Å². The quantitative estimate of drug-likeness (QED) is 0.794. The first kappa shape index (κ1) is 10.6. The number of rotatable bonds is 4. The summed E-state index contributed by atoms with van der Waals surface area (Å²) >= 11 is 0. The van der Waals surface area contributed by atoms with Gasteiger partial charge in [-0.3, -0.25) is 5.10 Å².